The Kier molecular flexibility index (Phi) is 9.19. The Labute approximate surface area is 126 Å². The topological polar surface area (TPSA) is 12.0 Å². The van der Waals surface area contributed by atoms with Gasteiger partial charge in [0.05, 0.1) is 0 Å². The molecule has 20 heavy (non-hydrogen) atoms. The van der Waals surface area contributed by atoms with Crippen LogP contribution in [0.15, 0.2) is 24.3 Å². The van der Waals surface area contributed by atoms with Gasteiger partial charge in [-0.15, -0.1) is 0 Å². The fourth-order valence-electron chi connectivity index (χ4n) is 2.50. The molecular formula is C19H33N. The first-order chi connectivity index (χ1) is 9.74. The molecule has 0 aliphatic carbocycles. The van der Waals surface area contributed by atoms with E-state index in [0.29, 0.717) is 5.92 Å². The second-order valence-electron chi connectivity index (χ2n) is 6.18. The maximum atomic E-state index is 3.55. The average molecular weight is 275 g/mol. The molecule has 0 amide bonds. The molecule has 1 nitrogen and oxygen atoms in total. The molecule has 1 aromatic rings. The number of anilines is 1. The number of benzene rings is 1. The second-order valence-corrected chi connectivity index (χ2v) is 6.18. The van der Waals surface area contributed by atoms with Crippen LogP contribution < -0.4 is 5.32 Å². The van der Waals surface area contributed by atoms with E-state index in [4.69, 9.17) is 0 Å². The van der Waals surface area contributed by atoms with Gasteiger partial charge in [0, 0.05) is 12.2 Å². The van der Waals surface area contributed by atoms with E-state index >= 15 is 0 Å². The number of hydrogen-bond acceptors (Lipinski definition) is 1. The lowest BCUT2D eigenvalue weighted by molar-refractivity contribution is 0.581. The van der Waals surface area contributed by atoms with Crippen LogP contribution in [0.3, 0.4) is 0 Å². The Morgan fingerprint density at radius 2 is 1.55 bits per heavy atom. The fourth-order valence-corrected chi connectivity index (χ4v) is 2.50. The van der Waals surface area contributed by atoms with Crippen molar-refractivity contribution in [2.24, 2.45) is 0 Å². The highest BCUT2D eigenvalue weighted by Crippen LogP contribution is 2.18. The number of nitrogens with one attached hydrogen (secondary N) is 1. The third-order valence-corrected chi connectivity index (χ3v) is 3.91. The fraction of sp³-hybridized carbons (Fsp3) is 0.684. The maximum Gasteiger partial charge on any atom is 0.0343 e. The van der Waals surface area contributed by atoms with Crippen LogP contribution in [-0.4, -0.2) is 6.54 Å². The van der Waals surface area contributed by atoms with E-state index in [2.05, 4.69) is 50.4 Å². The average Bonchev–Trinajstić information content (AvgIpc) is 2.46. The van der Waals surface area contributed by atoms with E-state index in [1.54, 1.807) is 0 Å². The molecule has 1 rings (SSSR count). The van der Waals surface area contributed by atoms with Crippen molar-refractivity contribution in [2.75, 3.05) is 11.9 Å². The molecule has 0 fully saturated rings. The quantitative estimate of drug-likeness (QED) is 0.463. The highest BCUT2D eigenvalue weighted by atomic mass is 14.9. The van der Waals surface area contributed by atoms with Crippen LogP contribution in [0.4, 0.5) is 5.69 Å². The molecule has 0 radical (unpaired) electrons. The van der Waals surface area contributed by atoms with E-state index in [-0.39, 0.29) is 0 Å². The summed E-state index contributed by atoms with van der Waals surface area (Å²) >= 11 is 0. The van der Waals surface area contributed by atoms with Gasteiger partial charge in [0.2, 0.25) is 0 Å². The third kappa shape index (κ3) is 7.57. The summed E-state index contributed by atoms with van der Waals surface area (Å²) in [4.78, 5) is 0. The first kappa shape index (κ1) is 17.1. The standard InChI is InChI=1S/C19H33N/c1-4-5-6-7-8-9-10-11-15-20-19-14-12-13-18(16-19)17(2)3/h12-14,16-17,20H,4-11,15H2,1-3H3. The molecular weight excluding hydrogens is 242 g/mol. The van der Waals surface area contributed by atoms with Gasteiger partial charge in [-0.05, 0) is 30.0 Å². The number of hydrogen-bond donors (Lipinski definition) is 1. The van der Waals surface area contributed by atoms with Crippen LogP contribution in [0.25, 0.3) is 0 Å². The maximum absolute atomic E-state index is 3.55. The molecule has 0 unspecified atom stereocenters. The summed E-state index contributed by atoms with van der Waals surface area (Å²) in [6, 6.07) is 8.84. The van der Waals surface area contributed by atoms with Crippen molar-refractivity contribution in [1.29, 1.82) is 0 Å². The van der Waals surface area contributed by atoms with Gasteiger partial charge in [-0.1, -0.05) is 77.8 Å². The van der Waals surface area contributed by atoms with Gasteiger partial charge in [-0.2, -0.15) is 0 Å². The van der Waals surface area contributed by atoms with Gasteiger partial charge in [0.25, 0.3) is 0 Å². The summed E-state index contributed by atoms with van der Waals surface area (Å²) in [5.41, 5.74) is 2.70. The minimum Gasteiger partial charge on any atom is -0.385 e. The highest BCUT2D eigenvalue weighted by molar-refractivity contribution is 5.46. The van der Waals surface area contributed by atoms with E-state index in [1.165, 1.54) is 62.6 Å². The van der Waals surface area contributed by atoms with Gasteiger partial charge in [0.15, 0.2) is 0 Å². The SMILES string of the molecule is CCCCCCCCCCNc1cccc(C(C)C)c1. The van der Waals surface area contributed by atoms with Gasteiger partial charge in [-0.25, -0.2) is 0 Å². The molecule has 1 N–H and O–H groups in total. The molecule has 114 valence electrons. The Balaban J connectivity index is 2.05. The van der Waals surface area contributed by atoms with Crippen molar-refractivity contribution in [3.8, 4) is 0 Å². The van der Waals surface area contributed by atoms with Crippen molar-refractivity contribution < 1.29 is 0 Å². The van der Waals surface area contributed by atoms with Crippen LogP contribution >= 0.6 is 0 Å². The van der Waals surface area contributed by atoms with Gasteiger partial charge < -0.3 is 5.32 Å². The van der Waals surface area contributed by atoms with E-state index in [1.807, 2.05) is 0 Å². The molecule has 0 bridgehead atoms. The highest BCUT2D eigenvalue weighted by Gasteiger charge is 1.99. The zero-order valence-corrected chi connectivity index (χ0v) is 13.8. The lowest BCUT2D eigenvalue weighted by Crippen LogP contribution is -2.02. The molecule has 0 saturated heterocycles. The minimum atomic E-state index is 0.611. The lowest BCUT2D eigenvalue weighted by Gasteiger charge is -2.10. The van der Waals surface area contributed by atoms with E-state index < -0.39 is 0 Å². The van der Waals surface area contributed by atoms with Crippen LogP contribution in [0.2, 0.25) is 0 Å². The Morgan fingerprint density at radius 1 is 0.900 bits per heavy atom. The monoisotopic (exact) mass is 275 g/mol. The largest absolute Gasteiger partial charge is 0.385 e. The normalized spacial score (nSPS) is 11.0. The van der Waals surface area contributed by atoms with Crippen molar-refractivity contribution >= 4 is 5.69 Å². The zero-order chi connectivity index (χ0) is 14.6. The molecule has 1 aromatic carbocycles. The molecule has 0 aromatic heterocycles. The van der Waals surface area contributed by atoms with Gasteiger partial charge in [-0.3, -0.25) is 0 Å². The van der Waals surface area contributed by atoms with Crippen LogP contribution in [0, 0.1) is 0 Å². The molecule has 0 aliphatic rings. The second kappa shape index (κ2) is 10.8. The van der Waals surface area contributed by atoms with E-state index in [0.717, 1.165) is 6.54 Å². The first-order valence-corrected chi connectivity index (χ1v) is 8.58. The predicted molar refractivity (Wildman–Crippen MR) is 91.6 cm³/mol. The molecule has 0 heterocycles. The summed E-state index contributed by atoms with van der Waals surface area (Å²) in [7, 11) is 0. The summed E-state index contributed by atoms with van der Waals surface area (Å²) in [5.74, 6) is 0.611. The van der Waals surface area contributed by atoms with Crippen molar-refractivity contribution in [1.82, 2.24) is 0 Å². The van der Waals surface area contributed by atoms with Crippen molar-refractivity contribution in [3.63, 3.8) is 0 Å². The zero-order valence-electron chi connectivity index (χ0n) is 13.8. The van der Waals surface area contributed by atoms with Gasteiger partial charge in [0.1, 0.15) is 0 Å². The first-order valence-electron chi connectivity index (χ1n) is 8.58. The predicted octanol–water partition coefficient (Wildman–Crippen LogP) is 6.36. The number of unbranched alkanes of at least 4 members (excludes halogenated alkanes) is 7. The molecule has 0 aliphatic heterocycles. The van der Waals surface area contributed by atoms with Gasteiger partial charge >= 0.3 is 0 Å². The summed E-state index contributed by atoms with van der Waals surface area (Å²) in [5, 5.41) is 3.55. The number of rotatable bonds is 11. The van der Waals surface area contributed by atoms with Crippen LogP contribution in [0.5, 0.6) is 0 Å². The molecule has 0 spiro atoms. The molecule has 1 heteroatoms. The summed E-state index contributed by atoms with van der Waals surface area (Å²) < 4.78 is 0. The van der Waals surface area contributed by atoms with E-state index in [9.17, 15) is 0 Å². The van der Waals surface area contributed by atoms with Crippen LogP contribution in [0.1, 0.15) is 83.6 Å². The lowest BCUT2D eigenvalue weighted by atomic mass is 10.0. The third-order valence-electron chi connectivity index (χ3n) is 3.91. The van der Waals surface area contributed by atoms with Crippen molar-refractivity contribution in [3.05, 3.63) is 29.8 Å². The Bertz CT molecular complexity index is 343. The minimum absolute atomic E-state index is 0.611. The van der Waals surface area contributed by atoms with Crippen molar-refractivity contribution in [2.45, 2.75) is 78.1 Å². The summed E-state index contributed by atoms with van der Waals surface area (Å²) in [6.45, 7) is 7.88. The molecule has 0 atom stereocenters. The summed E-state index contributed by atoms with van der Waals surface area (Å²) in [6.07, 6.45) is 11.1. The Hall–Kier alpha value is -0.980. The smallest absolute Gasteiger partial charge is 0.0343 e. The molecule has 0 saturated carbocycles. The Morgan fingerprint density at radius 3 is 2.20 bits per heavy atom. The van der Waals surface area contributed by atoms with Crippen LogP contribution in [-0.2, 0) is 0 Å².